The molecule has 1 heterocycles. The van der Waals surface area contributed by atoms with Crippen molar-refractivity contribution in [2.75, 3.05) is 5.32 Å². The first-order chi connectivity index (χ1) is 5.72. The summed E-state index contributed by atoms with van der Waals surface area (Å²) in [5.74, 6) is 0. The predicted molar refractivity (Wildman–Crippen MR) is 49.3 cm³/mol. The van der Waals surface area contributed by atoms with Crippen LogP contribution in [0.25, 0.3) is 0 Å². The molecule has 0 bridgehead atoms. The lowest BCUT2D eigenvalue weighted by Gasteiger charge is -1.92. The Kier molecular flexibility index (Phi) is 3.04. The predicted octanol–water partition coefficient (Wildman–Crippen LogP) is 1.59. The Balaban J connectivity index is 2.58. The van der Waals surface area contributed by atoms with Gasteiger partial charge in [0.15, 0.2) is 5.13 Å². The highest BCUT2D eigenvalue weighted by Gasteiger charge is 2.01. The van der Waals surface area contributed by atoms with Crippen LogP contribution in [-0.4, -0.2) is 11.0 Å². The maximum Gasteiger partial charge on any atom is 0.318 e. The van der Waals surface area contributed by atoms with Crippen LogP contribution in [0.2, 0.25) is 0 Å². The fourth-order valence-corrected chi connectivity index (χ4v) is 1.75. The molecule has 0 radical (unpaired) electrons. The Labute approximate surface area is 74.8 Å². The first kappa shape index (κ1) is 8.99. The molecule has 1 aromatic rings. The van der Waals surface area contributed by atoms with Crippen molar-refractivity contribution in [3.63, 3.8) is 0 Å². The second-order valence-electron chi connectivity index (χ2n) is 2.37. The van der Waals surface area contributed by atoms with Crippen LogP contribution in [0.1, 0.15) is 18.2 Å². The Morgan fingerprint density at radius 2 is 2.58 bits per heavy atom. The second-order valence-corrected chi connectivity index (χ2v) is 3.49. The third-order valence-electron chi connectivity index (χ3n) is 1.28. The van der Waals surface area contributed by atoms with E-state index in [1.165, 1.54) is 16.2 Å². The van der Waals surface area contributed by atoms with E-state index in [2.05, 4.69) is 17.2 Å². The molecule has 5 heteroatoms. The standard InChI is InChI=1S/C7H11N3OS/c1-2-3-5-4-9-7(12-5)10-6(8)11/h4H,2-3H2,1H3,(H3,8,9,10,11). The highest BCUT2D eigenvalue weighted by atomic mass is 32.1. The zero-order chi connectivity index (χ0) is 8.97. The minimum absolute atomic E-state index is 0.563. The van der Waals surface area contributed by atoms with Crippen molar-refractivity contribution < 1.29 is 4.79 Å². The number of hydrogen-bond acceptors (Lipinski definition) is 3. The molecule has 1 aromatic heterocycles. The molecule has 12 heavy (non-hydrogen) atoms. The molecule has 0 aliphatic rings. The van der Waals surface area contributed by atoms with Gasteiger partial charge in [-0.05, 0) is 6.42 Å². The number of aryl methyl sites for hydroxylation is 1. The largest absolute Gasteiger partial charge is 0.351 e. The Morgan fingerprint density at radius 3 is 3.17 bits per heavy atom. The molecule has 3 N–H and O–H groups in total. The van der Waals surface area contributed by atoms with Crippen molar-refractivity contribution in [3.05, 3.63) is 11.1 Å². The number of hydrogen-bond donors (Lipinski definition) is 2. The second kappa shape index (κ2) is 4.06. The van der Waals surface area contributed by atoms with Crippen LogP contribution < -0.4 is 11.1 Å². The summed E-state index contributed by atoms with van der Waals surface area (Å²) in [6.45, 7) is 2.10. The SMILES string of the molecule is CCCc1cnc(NC(N)=O)s1. The molecule has 0 saturated carbocycles. The summed E-state index contributed by atoms with van der Waals surface area (Å²) in [6, 6.07) is -0.563. The van der Waals surface area contributed by atoms with Gasteiger partial charge < -0.3 is 5.73 Å². The van der Waals surface area contributed by atoms with E-state index in [0.717, 1.165) is 12.8 Å². The van der Waals surface area contributed by atoms with Gasteiger partial charge in [0.05, 0.1) is 0 Å². The van der Waals surface area contributed by atoms with E-state index in [0.29, 0.717) is 5.13 Å². The van der Waals surface area contributed by atoms with Crippen LogP contribution in [0.15, 0.2) is 6.20 Å². The lowest BCUT2D eigenvalue weighted by Crippen LogP contribution is -2.18. The Hall–Kier alpha value is -1.10. The van der Waals surface area contributed by atoms with E-state index < -0.39 is 6.03 Å². The van der Waals surface area contributed by atoms with Gasteiger partial charge >= 0.3 is 6.03 Å². The lowest BCUT2D eigenvalue weighted by atomic mass is 10.3. The van der Waals surface area contributed by atoms with Gasteiger partial charge in [-0.2, -0.15) is 0 Å². The van der Waals surface area contributed by atoms with E-state index >= 15 is 0 Å². The van der Waals surface area contributed by atoms with Gasteiger partial charge in [-0.25, -0.2) is 9.78 Å². The summed E-state index contributed by atoms with van der Waals surface area (Å²) in [7, 11) is 0. The maximum atomic E-state index is 10.4. The number of primary amides is 1. The van der Waals surface area contributed by atoms with Crippen LogP contribution in [-0.2, 0) is 6.42 Å². The fraction of sp³-hybridized carbons (Fsp3) is 0.429. The number of nitrogens with zero attached hydrogens (tertiary/aromatic N) is 1. The average molecular weight is 185 g/mol. The first-order valence-electron chi connectivity index (χ1n) is 3.73. The van der Waals surface area contributed by atoms with Gasteiger partial charge in [-0.15, -0.1) is 11.3 Å². The van der Waals surface area contributed by atoms with E-state index in [1.807, 2.05) is 0 Å². The number of thiazole rings is 1. The maximum absolute atomic E-state index is 10.4. The molecule has 0 aromatic carbocycles. The normalized spacial score (nSPS) is 9.75. The summed E-state index contributed by atoms with van der Waals surface area (Å²) in [5, 5.41) is 3.00. The van der Waals surface area contributed by atoms with Crippen molar-refractivity contribution in [1.29, 1.82) is 0 Å². The van der Waals surface area contributed by atoms with E-state index in [-0.39, 0.29) is 0 Å². The van der Waals surface area contributed by atoms with Gasteiger partial charge in [-0.1, -0.05) is 13.3 Å². The summed E-state index contributed by atoms with van der Waals surface area (Å²) >= 11 is 1.46. The summed E-state index contributed by atoms with van der Waals surface area (Å²) in [5.41, 5.74) is 4.92. The molecule has 0 aliphatic carbocycles. The van der Waals surface area contributed by atoms with Gasteiger partial charge in [0.25, 0.3) is 0 Å². The molecule has 4 nitrogen and oxygen atoms in total. The molecule has 0 fully saturated rings. The number of anilines is 1. The minimum Gasteiger partial charge on any atom is -0.351 e. The third-order valence-corrected chi connectivity index (χ3v) is 2.25. The zero-order valence-corrected chi connectivity index (χ0v) is 7.65. The molecular formula is C7H11N3OS. The average Bonchev–Trinajstić information content (AvgIpc) is 2.36. The number of nitrogens with one attached hydrogen (secondary N) is 1. The summed E-state index contributed by atoms with van der Waals surface area (Å²) < 4.78 is 0. The molecule has 2 amide bonds. The summed E-state index contributed by atoms with van der Waals surface area (Å²) in [4.78, 5) is 15.6. The van der Waals surface area contributed by atoms with Crippen LogP contribution in [0.3, 0.4) is 0 Å². The van der Waals surface area contributed by atoms with Crippen molar-refractivity contribution in [2.45, 2.75) is 19.8 Å². The topological polar surface area (TPSA) is 68.0 Å². The molecule has 0 spiro atoms. The van der Waals surface area contributed by atoms with Crippen molar-refractivity contribution in [3.8, 4) is 0 Å². The van der Waals surface area contributed by atoms with Gasteiger partial charge in [0.1, 0.15) is 0 Å². The van der Waals surface area contributed by atoms with Crippen molar-refractivity contribution >= 4 is 22.5 Å². The number of carbonyl (C=O) groups excluding carboxylic acids is 1. The minimum atomic E-state index is -0.563. The van der Waals surface area contributed by atoms with Crippen LogP contribution in [0, 0.1) is 0 Å². The van der Waals surface area contributed by atoms with E-state index in [4.69, 9.17) is 5.73 Å². The molecule has 1 rings (SSSR count). The molecule has 0 aliphatic heterocycles. The number of urea groups is 1. The van der Waals surface area contributed by atoms with Crippen LogP contribution in [0.4, 0.5) is 9.93 Å². The van der Waals surface area contributed by atoms with E-state index in [9.17, 15) is 4.79 Å². The van der Waals surface area contributed by atoms with Crippen molar-refractivity contribution in [1.82, 2.24) is 4.98 Å². The van der Waals surface area contributed by atoms with E-state index in [1.54, 1.807) is 6.20 Å². The zero-order valence-electron chi connectivity index (χ0n) is 6.83. The quantitative estimate of drug-likeness (QED) is 0.750. The third kappa shape index (κ3) is 2.50. The molecule has 0 unspecified atom stereocenters. The lowest BCUT2D eigenvalue weighted by molar-refractivity contribution is 0.259. The van der Waals surface area contributed by atoms with Gasteiger partial charge in [0, 0.05) is 11.1 Å². The highest BCUT2D eigenvalue weighted by molar-refractivity contribution is 7.15. The van der Waals surface area contributed by atoms with Gasteiger partial charge in [0.2, 0.25) is 0 Å². The summed E-state index contributed by atoms with van der Waals surface area (Å²) in [6.07, 6.45) is 3.84. The number of carbonyl (C=O) groups is 1. The van der Waals surface area contributed by atoms with Gasteiger partial charge in [-0.3, -0.25) is 5.32 Å². The monoisotopic (exact) mass is 185 g/mol. The Bertz CT molecular complexity index is 271. The smallest absolute Gasteiger partial charge is 0.318 e. The molecule has 66 valence electrons. The van der Waals surface area contributed by atoms with Crippen molar-refractivity contribution in [2.24, 2.45) is 5.73 Å². The molecule has 0 atom stereocenters. The number of aromatic nitrogens is 1. The Morgan fingerprint density at radius 1 is 1.83 bits per heavy atom. The fourth-order valence-electron chi connectivity index (χ4n) is 0.833. The number of amides is 2. The highest BCUT2D eigenvalue weighted by Crippen LogP contribution is 2.18. The first-order valence-corrected chi connectivity index (χ1v) is 4.55. The number of rotatable bonds is 3. The molecule has 0 saturated heterocycles. The number of nitrogens with two attached hydrogens (primary N) is 1. The molecular weight excluding hydrogens is 174 g/mol. The van der Waals surface area contributed by atoms with Crippen LogP contribution in [0.5, 0.6) is 0 Å². The van der Waals surface area contributed by atoms with Crippen LogP contribution >= 0.6 is 11.3 Å².